The molecule has 0 aromatic rings. The second-order valence-electron chi connectivity index (χ2n) is 6.32. The van der Waals surface area contributed by atoms with Gasteiger partial charge in [-0.3, -0.25) is 4.79 Å². The maximum atomic E-state index is 11.5. The first kappa shape index (κ1) is 14.4. The van der Waals surface area contributed by atoms with Crippen molar-refractivity contribution in [2.24, 2.45) is 16.6 Å². The van der Waals surface area contributed by atoms with Gasteiger partial charge in [0.05, 0.1) is 6.61 Å². The van der Waals surface area contributed by atoms with Crippen LogP contribution in [-0.4, -0.2) is 18.6 Å². The Morgan fingerprint density at radius 3 is 2.00 bits per heavy atom. The van der Waals surface area contributed by atoms with Gasteiger partial charge in [-0.05, 0) is 17.3 Å². The molecule has 3 nitrogen and oxygen atoms in total. The fourth-order valence-corrected chi connectivity index (χ4v) is 0.901. The summed E-state index contributed by atoms with van der Waals surface area (Å²) >= 11 is 0. The van der Waals surface area contributed by atoms with E-state index in [4.69, 9.17) is 10.5 Å². The van der Waals surface area contributed by atoms with Crippen molar-refractivity contribution in [2.75, 3.05) is 6.61 Å². The first-order chi connectivity index (χ1) is 6.54. The summed E-state index contributed by atoms with van der Waals surface area (Å²) in [5, 5.41) is 0. The Morgan fingerprint density at radius 1 is 1.20 bits per heavy atom. The maximum absolute atomic E-state index is 11.5. The number of esters is 1. The molecule has 0 spiro atoms. The molecule has 0 fully saturated rings. The van der Waals surface area contributed by atoms with Crippen LogP contribution in [0, 0.1) is 10.8 Å². The van der Waals surface area contributed by atoms with Crippen LogP contribution in [0.25, 0.3) is 0 Å². The Labute approximate surface area is 93.4 Å². The molecule has 1 atom stereocenters. The van der Waals surface area contributed by atoms with Gasteiger partial charge in [-0.25, -0.2) is 0 Å². The summed E-state index contributed by atoms with van der Waals surface area (Å²) in [6.07, 6.45) is 0.857. The molecule has 0 rings (SSSR count). The molecule has 0 aromatic heterocycles. The zero-order chi connectivity index (χ0) is 12.3. The molecule has 0 aliphatic heterocycles. The van der Waals surface area contributed by atoms with Crippen molar-refractivity contribution in [1.82, 2.24) is 0 Å². The number of hydrogen-bond donors (Lipinski definition) is 1. The lowest BCUT2D eigenvalue weighted by atomic mass is 9.87. The Hall–Kier alpha value is -0.570. The zero-order valence-electron chi connectivity index (χ0n) is 10.9. The molecule has 0 aromatic carbocycles. The summed E-state index contributed by atoms with van der Waals surface area (Å²) in [4.78, 5) is 11.5. The van der Waals surface area contributed by atoms with Crippen LogP contribution in [0.5, 0.6) is 0 Å². The Balaban J connectivity index is 3.96. The van der Waals surface area contributed by atoms with E-state index >= 15 is 0 Å². The number of hydrogen-bond acceptors (Lipinski definition) is 3. The predicted octanol–water partition coefficient (Wildman–Crippen LogP) is 2.34. The van der Waals surface area contributed by atoms with Gasteiger partial charge in [0.25, 0.3) is 0 Å². The summed E-state index contributed by atoms with van der Waals surface area (Å²) in [6, 6.07) is -0.544. The highest BCUT2D eigenvalue weighted by atomic mass is 16.5. The van der Waals surface area contributed by atoms with Crippen LogP contribution in [0.4, 0.5) is 0 Å². The summed E-state index contributed by atoms with van der Waals surface area (Å²) in [5.74, 6) is -0.299. The van der Waals surface area contributed by atoms with Gasteiger partial charge >= 0.3 is 5.97 Å². The lowest BCUT2D eigenvalue weighted by molar-refractivity contribution is -0.148. The molecule has 0 unspecified atom stereocenters. The average molecular weight is 215 g/mol. The SMILES string of the molecule is CC(C)(C)CCOC(=O)[C@@H](N)C(C)(C)C. The highest BCUT2D eigenvalue weighted by molar-refractivity contribution is 5.76. The fraction of sp³-hybridized carbons (Fsp3) is 0.917. The molecule has 0 heterocycles. The second-order valence-corrected chi connectivity index (χ2v) is 6.32. The third kappa shape index (κ3) is 6.50. The lowest BCUT2D eigenvalue weighted by Gasteiger charge is -2.25. The average Bonchev–Trinajstić information content (AvgIpc) is 1.98. The van der Waals surface area contributed by atoms with Gasteiger partial charge in [-0.1, -0.05) is 41.5 Å². The molecule has 0 saturated carbocycles. The maximum Gasteiger partial charge on any atom is 0.323 e. The standard InChI is InChI=1S/C12H25NO2/c1-11(2,3)7-8-15-10(14)9(13)12(4,5)6/h9H,7-8,13H2,1-6H3/t9-/m1/s1. The van der Waals surface area contributed by atoms with Crippen LogP contribution in [0.3, 0.4) is 0 Å². The zero-order valence-corrected chi connectivity index (χ0v) is 10.9. The number of nitrogens with two attached hydrogens (primary N) is 1. The molecule has 15 heavy (non-hydrogen) atoms. The third-order valence-corrected chi connectivity index (χ3v) is 2.28. The molecule has 90 valence electrons. The molecule has 0 saturated heterocycles. The van der Waals surface area contributed by atoms with E-state index in [9.17, 15) is 4.79 Å². The quantitative estimate of drug-likeness (QED) is 0.735. The highest BCUT2D eigenvalue weighted by Crippen LogP contribution is 2.20. The summed E-state index contributed by atoms with van der Waals surface area (Å²) in [5.41, 5.74) is 5.72. The van der Waals surface area contributed by atoms with Crippen LogP contribution in [0.1, 0.15) is 48.0 Å². The lowest BCUT2D eigenvalue weighted by Crippen LogP contribution is -2.43. The van der Waals surface area contributed by atoms with Crippen molar-refractivity contribution in [2.45, 2.75) is 54.0 Å². The number of rotatable bonds is 3. The highest BCUT2D eigenvalue weighted by Gasteiger charge is 2.28. The Kier molecular flexibility index (Phi) is 4.78. The summed E-state index contributed by atoms with van der Waals surface area (Å²) in [6.45, 7) is 12.6. The smallest absolute Gasteiger partial charge is 0.323 e. The van der Waals surface area contributed by atoms with Gasteiger partial charge in [0, 0.05) is 0 Å². The summed E-state index contributed by atoms with van der Waals surface area (Å²) in [7, 11) is 0. The first-order valence-electron chi connectivity index (χ1n) is 5.46. The first-order valence-corrected chi connectivity index (χ1v) is 5.46. The van der Waals surface area contributed by atoms with Crippen molar-refractivity contribution >= 4 is 5.97 Å². The van der Waals surface area contributed by atoms with E-state index in [2.05, 4.69) is 20.8 Å². The van der Waals surface area contributed by atoms with Crippen molar-refractivity contribution in [3.63, 3.8) is 0 Å². The molecular formula is C12H25NO2. The third-order valence-electron chi connectivity index (χ3n) is 2.28. The van der Waals surface area contributed by atoms with Crippen LogP contribution in [0.2, 0.25) is 0 Å². The molecule has 0 radical (unpaired) electrons. The van der Waals surface area contributed by atoms with Crippen molar-refractivity contribution in [3.8, 4) is 0 Å². The van der Waals surface area contributed by atoms with Crippen molar-refractivity contribution < 1.29 is 9.53 Å². The Morgan fingerprint density at radius 2 is 1.67 bits per heavy atom. The van der Waals surface area contributed by atoms with Crippen LogP contribution < -0.4 is 5.73 Å². The minimum atomic E-state index is -0.544. The van der Waals surface area contributed by atoms with E-state index in [1.807, 2.05) is 20.8 Å². The van der Waals surface area contributed by atoms with Gasteiger partial charge in [0.15, 0.2) is 0 Å². The topological polar surface area (TPSA) is 52.3 Å². The fourth-order valence-electron chi connectivity index (χ4n) is 0.901. The van der Waals surface area contributed by atoms with Gasteiger partial charge < -0.3 is 10.5 Å². The van der Waals surface area contributed by atoms with E-state index in [1.54, 1.807) is 0 Å². The molecule has 0 bridgehead atoms. The van der Waals surface area contributed by atoms with Crippen LogP contribution >= 0.6 is 0 Å². The van der Waals surface area contributed by atoms with Gasteiger partial charge in [-0.2, -0.15) is 0 Å². The van der Waals surface area contributed by atoms with E-state index < -0.39 is 6.04 Å². The number of ether oxygens (including phenoxy) is 1. The van der Waals surface area contributed by atoms with Gasteiger partial charge in [-0.15, -0.1) is 0 Å². The van der Waals surface area contributed by atoms with Crippen LogP contribution in [-0.2, 0) is 9.53 Å². The molecule has 2 N–H and O–H groups in total. The number of carbonyl (C=O) groups excluding carboxylic acids is 1. The van der Waals surface area contributed by atoms with E-state index in [1.165, 1.54) is 0 Å². The van der Waals surface area contributed by atoms with Crippen LogP contribution in [0.15, 0.2) is 0 Å². The largest absolute Gasteiger partial charge is 0.464 e. The molecule has 0 aliphatic rings. The predicted molar refractivity (Wildman–Crippen MR) is 62.5 cm³/mol. The van der Waals surface area contributed by atoms with Crippen molar-refractivity contribution in [1.29, 1.82) is 0 Å². The monoisotopic (exact) mass is 215 g/mol. The van der Waals surface area contributed by atoms with E-state index in [-0.39, 0.29) is 16.8 Å². The van der Waals surface area contributed by atoms with Gasteiger partial charge in [0.1, 0.15) is 6.04 Å². The second kappa shape index (κ2) is 4.97. The molecule has 3 heteroatoms. The van der Waals surface area contributed by atoms with E-state index in [0.717, 1.165) is 6.42 Å². The van der Waals surface area contributed by atoms with Crippen molar-refractivity contribution in [3.05, 3.63) is 0 Å². The normalized spacial score (nSPS) is 14.9. The van der Waals surface area contributed by atoms with Gasteiger partial charge in [0.2, 0.25) is 0 Å². The molecule has 0 amide bonds. The minimum absolute atomic E-state index is 0.187. The molecular weight excluding hydrogens is 190 g/mol. The minimum Gasteiger partial charge on any atom is -0.464 e. The molecule has 0 aliphatic carbocycles. The Bertz CT molecular complexity index is 211. The number of carbonyl (C=O) groups is 1. The van der Waals surface area contributed by atoms with E-state index in [0.29, 0.717) is 6.61 Å². The summed E-state index contributed by atoms with van der Waals surface area (Å²) < 4.78 is 5.14.